The summed E-state index contributed by atoms with van der Waals surface area (Å²) in [4.78, 5) is 12.7. The second-order valence-electron chi connectivity index (χ2n) is 5.54. The SMILES string of the molecule is COc1cc(OC)c(C(=O)CC2CCCCC2)c(OC)c1. The Labute approximate surface area is 126 Å². The number of carbonyl (C=O) groups excluding carboxylic acids is 1. The number of ketones is 1. The van der Waals surface area contributed by atoms with Crippen molar-refractivity contribution in [1.29, 1.82) is 0 Å². The minimum absolute atomic E-state index is 0.0956. The molecule has 2 rings (SSSR count). The lowest BCUT2D eigenvalue weighted by Gasteiger charge is -2.21. The molecule has 1 aliphatic carbocycles. The van der Waals surface area contributed by atoms with Crippen molar-refractivity contribution in [2.24, 2.45) is 5.92 Å². The lowest BCUT2D eigenvalue weighted by molar-refractivity contribution is 0.0944. The molecule has 1 aliphatic rings. The predicted molar refractivity (Wildman–Crippen MR) is 81.6 cm³/mol. The van der Waals surface area contributed by atoms with Crippen molar-refractivity contribution in [3.8, 4) is 17.2 Å². The van der Waals surface area contributed by atoms with Crippen molar-refractivity contribution in [1.82, 2.24) is 0 Å². The van der Waals surface area contributed by atoms with Gasteiger partial charge >= 0.3 is 0 Å². The summed E-state index contributed by atoms with van der Waals surface area (Å²) in [6.45, 7) is 0. The maximum absolute atomic E-state index is 12.7. The van der Waals surface area contributed by atoms with E-state index in [9.17, 15) is 4.79 Å². The Morgan fingerprint density at radius 1 is 1.00 bits per heavy atom. The molecule has 1 aromatic carbocycles. The topological polar surface area (TPSA) is 44.8 Å². The van der Waals surface area contributed by atoms with Crippen LogP contribution >= 0.6 is 0 Å². The summed E-state index contributed by atoms with van der Waals surface area (Å²) >= 11 is 0. The van der Waals surface area contributed by atoms with Crippen LogP contribution in [0.25, 0.3) is 0 Å². The molecule has 0 spiro atoms. The van der Waals surface area contributed by atoms with Gasteiger partial charge in [-0.3, -0.25) is 4.79 Å². The van der Waals surface area contributed by atoms with E-state index in [4.69, 9.17) is 14.2 Å². The maximum Gasteiger partial charge on any atom is 0.170 e. The number of hydrogen-bond donors (Lipinski definition) is 0. The van der Waals surface area contributed by atoms with Crippen molar-refractivity contribution >= 4 is 5.78 Å². The molecule has 1 saturated carbocycles. The first-order valence-electron chi connectivity index (χ1n) is 7.52. The first kappa shape index (κ1) is 15.7. The highest BCUT2D eigenvalue weighted by Gasteiger charge is 2.24. The molecule has 21 heavy (non-hydrogen) atoms. The number of Topliss-reactive ketones (excluding diaryl/α,β-unsaturated/α-hetero) is 1. The molecular weight excluding hydrogens is 268 g/mol. The van der Waals surface area contributed by atoms with E-state index in [1.807, 2.05) is 0 Å². The Hall–Kier alpha value is -1.71. The summed E-state index contributed by atoms with van der Waals surface area (Å²) < 4.78 is 15.9. The third kappa shape index (κ3) is 3.69. The van der Waals surface area contributed by atoms with Crippen LogP contribution in [0.4, 0.5) is 0 Å². The fourth-order valence-electron chi connectivity index (χ4n) is 3.04. The molecule has 0 radical (unpaired) electrons. The average Bonchev–Trinajstić information content (AvgIpc) is 2.54. The van der Waals surface area contributed by atoms with Crippen molar-refractivity contribution in [2.75, 3.05) is 21.3 Å². The lowest BCUT2D eigenvalue weighted by Crippen LogP contribution is -2.14. The minimum atomic E-state index is 0.0956. The highest BCUT2D eigenvalue weighted by molar-refractivity contribution is 6.01. The van der Waals surface area contributed by atoms with Gasteiger partial charge in [-0.1, -0.05) is 32.1 Å². The molecule has 116 valence electrons. The standard InChI is InChI=1S/C17H24O4/c1-19-13-10-15(20-2)17(16(11-13)21-3)14(18)9-12-7-5-4-6-8-12/h10-12H,4-9H2,1-3H3. The lowest BCUT2D eigenvalue weighted by atomic mass is 9.84. The Bertz CT molecular complexity index is 465. The van der Waals surface area contributed by atoms with Gasteiger partial charge in [0.2, 0.25) is 0 Å². The van der Waals surface area contributed by atoms with E-state index in [1.165, 1.54) is 19.3 Å². The smallest absolute Gasteiger partial charge is 0.170 e. The molecule has 4 nitrogen and oxygen atoms in total. The summed E-state index contributed by atoms with van der Waals surface area (Å²) in [6, 6.07) is 3.47. The first-order valence-corrected chi connectivity index (χ1v) is 7.52. The van der Waals surface area contributed by atoms with Crippen molar-refractivity contribution in [3.63, 3.8) is 0 Å². The molecule has 0 N–H and O–H groups in total. The number of carbonyl (C=O) groups is 1. The number of ether oxygens (including phenoxy) is 3. The van der Waals surface area contributed by atoms with Crippen LogP contribution in [0.5, 0.6) is 17.2 Å². The average molecular weight is 292 g/mol. The second kappa shape index (κ2) is 7.34. The van der Waals surface area contributed by atoms with Gasteiger partial charge in [0, 0.05) is 18.6 Å². The zero-order valence-electron chi connectivity index (χ0n) is 13.1. The molecule has 0 atom stereocenters. The maximum atomic E-state index is 12.7. The van der Waals surface area contributed by atoms with Crippen molar-refractivity contribution in [3.05, 3.63) is 17.7 Å². The van der Waals surface area contributed by atoms with E-state index in [1.54, 1.807) is 33.5 Å². The summed E-state index contributed by atoms with van der Waals surface area (Å²) in [5, 5.41) is 0. The second-order valence-corrected chi connectivity index (χ2v) is 5.54. The van der Waals surface area contributed by atoms with Crippen LogP contribution in [-0.4, -0.2) is 27.1 Å². The summed E-state index contributed by atoms with van der Waals surface area (Å²) in [5.74, 6) is 2.25. The highest BCUT2D eigenvalue weighted by atomic mass is 16.5. The van der Waals surface area contributed by atoms with Crippen LogP contribution in [0.2, 0.25) is 0 Å². The Kier molecular flexibility index (Phi) is 5.48. The molecule has 0 aromatic heterocycles. The zero-order valence-corrected chi connectivity index (χ0v) is 13.1. The third-order valence-corrected chi connectivity index (χ3v) is 4.19. The molecule has 1 fully saturated rings. The van der Waals surface area contributed by atoms with Crippen LogP contribution in [0.15, 0.2) is 12.1 Å². The van der Waals surface area contributed by atoms with Gasteiger partial charge in [-0.2, -0.15) is 0 Å². The van der Waals surface area contributed by atoms with Crippen LogP contribution in [0.3, 0.4) is 0 Å². The first-order chi connectivity index (χ1) is 10.2. The number of benzene rings is 1. The molecule has 0 unspecified atom stereocenters. The van der Waals surface area contributed by atoms with Gasteiger partial charge in [-0.25, -0.2) is 0 Å². The summed E-state index contributed by atoms with van der Waals surface area (Å²) in [5.41, 5.74) is 0.534. The third-order valence-electron chi connectivity index (χ3n) is 4.19. The molecule has 0 aliphatic heterocycles. The molecule has 4 heteroatoms. The number of rotatable bonds is 6. The van der Waals surface area contributed by atoms with Gasteiger partial charge in [0.25, 0.3) is 0 Å². The number of methoxy groups -OCH3 is 3. The molecule has 0 heterocycles. The van der Waals surface area contributed by atoms with Crippen LogP contribution in [0, 0.1) is 5.92 Å². The van der Waals surface area contributed by atoms with E-state index >= 15 is 0 Å². The monoisotopic (exact) mass is 292 g/mol. The normalized spacial score (nSPS) is 15.6. The fourth-order valence-corrected chi connectivity index (χ4v) is 3.04. The van der Waals surface area contributed by atoms with Crippen molar-refractivity contribution < 1.29 is 19.0 Å². The van der Waals surface area contributed by atoms with Gasteiger partial charge in [-0.15, -0.1) is 0 Å². The van der Waals surface area contributed by atoms with Crippen LogP contribution in [0.1, 0.15) is 48.9 Å². The predicted octanol–water partition coefficient (Wildman–Crippen LogP) is 3.87. The van der Waals surface area contributed by atoms with Gasteiger partial charge in [0.05, 0.1) is 21.3 Å². The van der Waals surface area contributed by atoms with Crippen LogP contribution < -0.4 is 14.2 Å². The Morgan fingerprint density at radius 2 is 1.57 bits per heavy atom. The van der Waals surface area contributed by atoms with E-state index in [-0.39, 0.29) is 5.78 Å². The van der Waals surface area contributed by atoms with Gasteiger partial charge in [-0.05, 0) is 5.92 Å². The minimum Gasteiger partial charge on any atom is -0.496 e. The molecular formula is C17H24O4. The summed E-state index contributed by atoms with van der Waals surface area (Å²) in [6.07, 6.45) is 6.61. The Morgan fingerprint density at radius 3 is 2.05 bits per heavy atom. The molecule has 0 saturated heterocycles. The molecule has 0 amide bonds. The highest BCUT2D eigenvalue weighted by Crippen LogP contribution is 2.37. The van der Waals surface area contributed by atoms with Crippen LogP contribution in [-0.2, 0) is 0 Å². The van der Waals surface area contributed by atoms with Gasteiger partial charge in [0.1, 0.15) is 22.8 Å². The van der Waals surface area contributed by atoms with E-state index in [0.717, 1.165) is 12.8 Å². The molecule has 1 aromatic rings. The quantitative estimate of drug-likeness (QED) is 0.747. The largest absolute Gasteiger partial charge is 0.496 e. The van der Waals surface area contributed by atoms with Gasteiger partial charge < -0.3 is 14.2 Å². The van der Waals surface area contributed by atoms with Crippen molar-refractivity contribution in [2.45, 2.75) is 38.5 Å². The van der Waals surface area contributed by atoms with E-state index in [0.29, 0.717) is 35.2 Å². The summed E-state index contributed by atoms with van der Waals surface area (Å²) in [7, 11) is 4.70. The fraction of sp³-hybridized carbons (Fsp3) is 0.588. The van der Waals surface area contributed by atoms with E-state index < -0.39 is 0 Å². The number of hydrogen-bond acceptors (Lipinski definition) is 4. The Balaban J connectivity index is 2.25. The van der Waals surface area contributed by atoms with Gasteiger partial charge in [0.15, 0.2) is 5.78 Å². The zero-order chi connectivity index (χ0) is 15.2. The molecule has 0 bridgehead atoms. The van der Waals surface area contributed by atoms with E-state index in [2.05, 4.69) is 0 Å².